The topological polar surface area (TPSA) is 71.9 Å². The van der Waals surface area contributed by atoms with Gasteiger partial charge in [0.15, 0.2) is 10.6 Å². The van der Waals surface area contributed by atoms with Gasteiger partial charge in [0.25, 0.3) is 16.4 Å². The monoisotopic (exact) mass is 419 g/mol. The van der Waals surface area contributed by atoms with Gasteiger partial charge in [-0.1, -0.05) is 16.8 Å². The van der Waals surface area contributed by atoms with Gasteiger partial charge in [0.1, 0.15) is 5.71 Å². The number of halogens is 6. The standard InChI is InChI=1S/C13H11ClF5N3O3S/c14-8-3-7(13(17,18)19)5-20-11(8)26(23,24)22-2-1-12(6-22)4-9(10(15)16)21-25-12/h3,5,10H,1-2,4,6H2. The van der Waals surface area contributed by atoms with Gasteiger partial charge in [-0.25, -0.2) is 22.2 Å². The van der Waals surface area contributed by atoms with Crippen molar-refractivity contribution in [2.45, 2.75) is 36.1 Å². The third-order valence-corrected chi connectivity index (χ3v) is 6.32. The molecule has 1 spiro atoms. The first kappa shape index (κ1) is 19.2. The van der Waals surface area contributed by atoms with E-state index in [4.69, 9.17) is 16.4 Å². The van der Waals surface area contributed by atoms with Crippen molar-refractivity contribution in [3.05, 3.63) is 22.8 Å². The summed E-state index contributed by atoms with van der Waals surface area (Å²) >= 11 is 5.69. The van der Waals surface area contributed by atoms with Crippen LogP contribution in [-0.4, -0.2) is 48.5 Å². The zero-order valence-corrected chi connectivity index (χ0v) is 14.4. The Morgan fingerprint density at radius 3 is 2.58 bits per heavy atom. The molecule has 1 saturated heterocycles. The minimum atomic E-state index is -4.72. The van der Waals surface area contributed by atoms with Gasteiger partial charge in [-0.15, -0.1) is 0 Å². The normalized spacial score (nSPS) is 24.3. The average Bonchev–Trinajstić information content (AvgIpc) is 3.14. The molecule has 0 bridgehead atoms. The highest BCUT2D eigenvalue weighted by molar-refractivity contribution is 7.89. The van der Waals surface area contributed by atoms with Crippen LogP contribution in [0.25, 0.3) is 0 Å². The molecule has 2 aliphatic rings. The van der Waals surface area contributed by atoms with Crippen LogP contribution in [0.2, 0.25) is 5.02 Å². The van der Waals surface area contributed by atoms with Crippen LogP contribution in [0.5, 0.6) is 0 Å². The van der Waals surface area contributed by atoms with Crippen molar-refractivity contribution >= 4 is 27.3 Å². The third kappa shape index (κ3) is 3.37. The molecule has 3 rings (SSSR count). The van der Waals surface area contributed by atoms with Gasteiger partial charge in [0.05, 0.1) is 17.1 Å². The van der Waals surface area contributed by atoms with Crippen molar-refractivity contribution in [2.24, 2.45) is 5.16 Å². The molecule has 2 aliphatic heterocycles. The number of sulfonamides is 1. The van der Waals surface area contributed by atoms with E-state index in [1.54, 1.807) is 0 Å². The minimum absolute atomic E-state index is 0.0899. The molecule has 1 fully saturated rings. The lowest BCUT2D eigenvalue weighted by Gasteiger charge is -2.21. The zero-order valence-electron chi connectivity index (χ0n) is 12.8. The lowest BCUT2D eigenvalue weighted by atomic mass is 9.97. The van der Waals surface area contributed by atoms with E-state index in [9.17, 15) is 30.4 Å². The van der Waals surface area contributed by atoms with Gasteiger partial charge in [-0.3, -0.25) is 0 Å². The van der Waals surface area contributed by atoms with Crippen molar-refractivity contribution in [1.29, 1.82) is 0 Å². The molecule has 3 heterocycles. The molecule has 0 aliphatic carbocycles. The fourth-order valence-corrected chi connectivity index (χ4v) is 4.72. The quantitative estimate of drug-likeness (QED) is 0.706. The third-order valence-electron chi connectivity index (χ3n) is 4.11. The van der Waals surface area contributed by atoms with Crippen LogP contribution in [-0.2, 0) is 21.0 Å². The summed E-state index contributed by atoms with van der Waals surface area (Å²) in [4.78, 5) is 8.38. The predicted molar refractivity (Wildman–Crippen MR) is 79.5 cm³/mol. The SMILES string of the molecule is O=S(=O)(c1ncc(C(F)(F)F)cc1Cl)N1CCC2(CC(C(F)F)=NO2)C1. The maximum atomic E-state index is 12.7. The number of hydrogen-bond acceptors (Lipinski definition) is 5. The van der Waals surface area contributed by atoms with Crippen LogP contribution in [0.15, 0.2) is 22.4 Å². The first-order valence-corrected chi connectivity index (χ1v) is 9.02. The van der Waals surface area contributed by atoms with Gasteiger partial charge in [0, 0.05) is 25.6 Å². The Balaban J connectivity index is 1.82. The summed E-state index contributed by atoms with van der Waals surface area (Å²) in [5.74, 6) is 0. The Labute approximate surface area is 149 Å². The highest BCUT2D eigenvalue weighted by Gasteiger charge is 2.50. The van der Waals surface area contributed by atoms with Gasteiger partial charge in [0.2, 0.25) is 0 Å². The molecule has 0 aromatic carbocycles. The smallest absolute Gasteiger partial charge is 0.387 e. The van der Waals surface area contributed by atoms with E-state index in [0.717, 1.165) is 4.31 Å². The summed E-state index contributed by atoms with van der Waals surface area (Å²) in [7, 11) is -4.33. The fraction of sp³-hybridized carbons (Fsp3) is 0.538. The summed E-state index contributed by atoms with van der Waals surface area (Å²) in [6, 6.07) is 0.470. The molecule has 1 unspecified atom stereocenters. The molecule has 144 valence electrons. The highest BCUT2D eigenvalue weighted by atomic mass is 35.5. The van der Waals surface area contributed by atoms with Crippen LogP contribution in [0, 0.1) is 0 Å². The molecule has 0 saturated carbocycles. The number of hydrogen-bond donors (Lipinski definition) is 0. The summed E-state index contributed by atoms with van der Waals surface area (Å²) in [5.41, 5.74) is -2.87. The van der Waals surface area contributed by atoms with Crippen molar-refractivity contribution < 1.29 is 35.2 Å². The maximum absolute atomic E-state index is 12.7. The molecule has 13 heteroatoms. The van der Waals surface area contributed by atoms with Gasteiger partial charge in [-0.2, -0.15) is 17.5 Å². The molecule has 1 atom stereocenters. The molecule has 1 aromatic rings. The molecular formula is C13H11ClF5N3O3S. The van der Waals surface area contributed by atoms with Crippen molar-refractivity contribution in [3.8, 4) is 0 Å². The average molecular weight is 420 g/mol. The van der Waals surface area contributed by atoms with Crippen LogP contribution < -0.4 is 0 Å². The molecule has 6 nitrogen and oxygen atoms in total. The summed E-state index contributed by atoms with van der Waals surface area (Å²) in [5, 5.41) is 1.87. The van der Waals surface area contributed by atoms with Crippen molar-refractivity contribution in [1.82, 2.24) is 9.29 Å². The van der Waals surface area contributed by atoms with E-state index in [1.807, 2.05) is 0 Å². The van der Waals surface area contributed by atoms with E-state index in [0.29, 0.717) is 12.3 Å². The Kier molecular flexibility index (Phi) is 4.64. The second-order valence-electron chi connectivity index (χ2n) is 5.93. The molecule has 0 amide bonds. The van der Waals surface area contributed by atoms with Crippen molar-refractivity contribution in [3.63, 3.8) is 0 Å². The summed E-state index contributed by atoms with van der Waals surface area (Å²) < 4.78 is 89.5. The molecule has 0 N–H and O–H groups in total. The Morgan fingerprint density at radius 1 is 1.35 bits per heavy atom. The number of aromatic nitrogens is 1. The van der Waals surface area contributed by atoms with E-state index in [-0.39, 0.29) is 25.9 Å². The summed E-state index contributed by atoms with van der Waals surface area (Å²) in [6.45, 7) is -0.374. The molecule has 1 aromatic heterocycles. The molecule has 0 radical (unpaired) electrons. The van der Waals surface area contributed by atoms with Gasteiger partial charge in [-0.05, 0) is 6.07 Å². The van der Waals surface area contributed by atoms with E-state index >= 15 is 0 Å². The van der Waals surface area contributed by atoms with Crippen LogP contribution in [0.3, 0.4) is 0 Å². The first-order valence-electron chi connectivity index (χ1n) is 7.21. The second-order valence-corrected chi connectivity index (χ2v) is 8.19. The largest absolute Gasteiger partial charge is 0.417 e. The molecular weight excluding hydrogens is 409 g/mol. The predicted octanol–water partition coefficient (Wildman–Crippen LogP) is 2.93. The number of oxime groups is 1. The zero-order chi connectivity index (χ0) is 19.3. The fourth-order valence-electron chi connectivity index (χ4n) is 2.79. The number of alkyl halides is 5. The number of pyridine rings is 1. The van der Waals surface area contributed by atoms with Crippen LogP contribution >= 0.6 is 11.6 Å². The number of nitrogens with zero attached hydrogens (tertiary/aromatic N) is 3. The van der Waals surface area contributed by atoms with Gasteiger partial charge >= 0.3 is 6.18 Å². The van der Waals surface area contributed by atoms with Gasteiger partial charge < -0.3 is 4.84 Å². The van der Waals surface area contributed by atoms with E-state index < -0.39 is 49.5 Å². The maximum Gasteiger partial charge on any atom is 0.417 e. The Morgan fingerprint density at radius 2 is 2.04 bits per heavy atom. The minimum Gasteiger partial charge on any atom is -0.387 e. The first-order chi connectivity index (χ1) is 11.9. The lowest BCUT2D eigenvalue weighted by molar-refractivity contribution is -0.137. The lowest BCUT2D eigenvalue weighted by Crippen LogP contribution is -2.37. The van der Waals surface area contributed by atoms with Crippen LogP contribution in [0.4, 0.5) is 22.0 Å². The summed E-state index contributed by atoms with van der Waals surface area (Å²) in [6.07, 6.45) is -7.30. The second kappa shape index (κ2) is 6.27. The van der Waals surface area contributed by atoms with E-state index in [1.165, 1.54) is 0 Å². The number of rotatable bonds is 3. The van der Waals surface area contributed by atoms with E-state index in [2.05, 4.69) is 10.1 Å². The Bertz CT molecular complexity index is 861. The Hall–Kier alpha value is -1.53. The molecule has 26 heavy (non-hydrogen) atoms. The highest BCUT2D eigenvalue weighted by Crippen LogP contribution is 2.38. The van der Waals surface area contributed by atoms with Crippen molar-refractivity contribution in [2.75, 3.05) is 13.1 Å². The van der Waals surface area contributed by atoms with Crippen LogP contribution in [0.1, 0.15) is 18.4 Å².